The van der Waals surface area contributed by atoms with Crippen LogP contribution in [-0.2, 0) is 4.74 Å². The van der Waals surface area contributed by atoms with Crippen LogP contribution >= 0.6 is 0 Å². The van der Waals surface area contributed by atoms with Gasteiger partial charge in [-0.15, -0.1) is 0 Å². The number of ether oxygens (including phenoxy) is 1. The summed E-state index contributed by atoms with van der Waals surface area (Å²) in [7, 11) is 1.10. The van der Waals surface area contributed by atoms with Crippen molar-refractivity contribution in [2.75, 3.05) is 7.11 Å². The monoisotopic (exact) mass is 289 g/mol. The Morgan fingerprint density at radius 3 is 2.71 bits per heavy atom. The van der Waals surface area contributed by atoms with E-state index in [9.17, 15) is 18.4 Å². The van der Waals surface area contributed by atoms with Gasteiger partial charge in [-0.1, -0.05) is 6.07 Å². The second-order valence-electron chi connectivity index (χ2n) is 4.44. The molecule has 3 rings (SSSR count). The van der Waals surface area contributed by atoms with Crippen molar-refractivity contribution >= 4 is 22.3 Å². The zero-order valence-electron chi connectivity index (χ0n) is 10.9. The van der Waals surface area contributed by atoms with Crippen LogP contribution in [0.2, 0.25) is 0 Å². The number of rotatable bonds is 1. The van der Waals surface area contributed by atoms with Crippen LogP contribution in [-0.4, -0.2) is 17.5 Å². The molecule has 2 heterocycles. The molecule has 0 aliphatic rings. The molecule has 0 N–H and O–H groups in total. The van der Waals surface area contributed by atoms with Gasteiger partial charge >= 0.3 is 5.97 Å². The van der Waals surface area contributed by atoms with Gasteiger partial charge in [0.1, 0.15) is 17.2 Å². The number of esters is 1. The summed E-state index contributed by atoms with van der Waals surface area (Å²) >= 11 is 0. The minimum Gasteiger partial charge on any atom is -0.465 e. The first kappa shape index (κ1) is 13.2. The zero-order valence-corrected chi connectivity index (χ0v) is 10.9. The molecule has 0 atom stereocenters. The van der Waals surface area contributed by atoms with Gasteiger partial charge in [0.05, 0.1) is 12.6 Å². The molecule has 0 spiro atoms. The number of fused-ring (bicyclic) bond motifs is 3. The Morgan fingerprint density at radius 2 is 2.00 bits per heavy atom. The van der Waals surface area contributed by atoms with Crippen molar-refractivity contribution in [2.45, 2.75) is 0 Å². The Kier molecular flexibility index (Phi) is 2.94. The third kappa shape index (κ3) is 1.87. The summed E-state index contributed by atoms with van der Waals surface area (Å²) in [4.78, 5) is 24.2. The predicted molar refractivity (Wildman–Crippen MR) is 72.4 cm³/mol. The minimum atomic E-state index is -0.937. The lowest BCUT2D eigenvalue weighted by molar-refractivity contribution is 0.0601. The zero-order chi connectivity index (χ0) is 15.1. The van der Waals surface area contributed by atoms with Crippen molar-refractivity contribution in [3.05, 3.63) is 64.1 Å². The highest BCUT2D eigenvalue weighted by Crippen LogP contribution is 2.26. The molecule has 0 bridgehead atoms. The Labute approximate surface area is 117 Å². The summed E-state index contributed by atoms with van der Waals surface area (Å²) in [6, 6.07) is 6.38. The fraction of sp³-hybridized carbons (Fsp3) is 0.0667. The second-order valence-corrected chi connectivity index (χ2v) is 4.44. The first-order valence-electron chi connectivity index (χ1n) is 6.05. The van der Waals surface area contributed by atoms with E-state index in [2.05, 4.69) is 4.74 Å². The lowest BCUT2D eigenvalue weighted by Crippen LogP contribution is -2.23. The van der Waals surface area contributed by atoms with Gasteiger partial charge in [-0.2, -0.15) is 0 Å². The molecule has 106 valence electrons. The topological polar surface area (TPSA) is 47.8 Å². The quantitative estimate of drug-likeness (QED) is 0.511. The summed E-state index contributed by atoms with van der Waals surface area (Å²) < 4.78 is 33.3. The van der Waals surface area contributed by atoms with E-state index >= 15 is 0 Å². The number of carbonyl (C=O) groups is 1. The SMILES string of the molecule is COC(=O)c1c(=O)n2ccccc2c2c(F)cc(F)cc12. The van der Waals surface area contributed by atoms with E-state index in [1.807, 2.05) is 0 Å². The number of benzene rings is 1. The molecule has 0 fully saturated rings. The van der Waals surface area contributed by atoms with Crippen molar-refractivity contribution in [3.63, 3.8) is 0 Å². The Balaban J connectivity index is 2.69. The van der Waals surface area contributed by atoms with Crippen molar-refractivity contribution < 1.29 is 18.3 Å². The van der Waals surface area contributed by atoms with Crippen molar-refractivity contribution in [3.8, 4) is 0 Å². The van der Waals surface area contributed by atoms with Crippen LogP contribution in [0.1, 0.15) is 10.4 Å². The number of nitrogens with zero attached hydrogens (tertiary/aromatic N) is 1. The van der Waals surface area contributed by atoms with E-state index in [4.69, 9.17) is 0 Å². The Morgan fingerprint density at radius 1 is 1.24 bits per heavy atom. The van der Waals surface area contributed by atoms with Gasteiger partial charge in [0.25, 0.3) is 5.56 Å². The van der Waals surface area contributed by atoms with Gasteiger partial charge in [0.2, 0.25) is 0 Å². The molecule has 4 nitrogen and oxygen atoms in total. The maximum absolute atomic E-state index is 14.1. The number of halogens is 2. The van der Waals surface area contributed by atoms with E-state index in [0.717, 1.165) is 17.6 Å². The van der Waals surface area contributed by atoms with Crippen LogP contribution < -0.4 is 5.56 Å². The highest BCUT2D eigenvalue weighted by Gasteiger charge is 2.21. The summed E-state index contributed by atoms with van der Waals surface area (Å²) in [6.45, 7) is 0. The molecule has 21 heavy (non-hydrogen) atoms. The standard InChI is InChI=1S/C15H9F2NO3/c1-21-15(20)13-9-6-8(16)7-10(17)12(9)11-4-2-3-5-18(11)14(13)19/h2-7H,1H3. The maximum atomic E-state index is 14.1. The van der Waals surface area contributed by atoms with Gasteiger partial charge in [-0.05, 0) is 18.2 Å². The average molecular weight is 289 g/mol. The lowest BCUT2D eigenvalue weighted by atomic mass is 10.0. The number of methoxy groups -OCH3 is 1. The van der Waals surface area contributed by atoms with Crippen molar-refractivity contribution in [1.82, 2.24) is 4.40 Å². The first-order valence-corrected chi connectivity index (χ1v) is 6.05. The van der Waals surface area contributed by atoms with Crippen LogP contribution in [0.3, 0.4) is 0 Å². The molecule has 0 aliphatic heterocycles. The maximum Gasteiger partial charge on any atom is 0.344 e. The highest BCUT2D eigenvalue weighted by atomic mass is 19.1. The molecule has 0 saturated carbocycles. The van der Waals surface area contributed by atoms with E-state index in [-0.39, 0.29) is 16.3 Å². The molecule has 0 amide bonds. The number of pyridine rings is 2. The van der Waals surface area contributed by atoms with Gasteiger partial charge < -0.3 is 4.74 Å². The summed E-state index contributed by atoms with van der Waals surface area (Å²) in [6.07, 6.45) is 1.41. The molecular weight excluding hydrogens is 280 g/mol. The smallest absolute Gasteiger partial charge is 0.344 e. The molecule has 1 aromatic carbocycles. The van der Waals surface area contributed by atoms with Crippen LogP contribution in [0.4, 0.5) is 8.78 Å². The number of carbonyl (C=O) groups excluding carboxylic acids is 1. The van der Waals surface area contributed by atoms with Gasteiger partial charge in [-0.3, -0.25) is 9.20 Å². The third-order valence-electron chi connectivity index (χ3n) is 3.26. The molecule has 2 aromatic heterocycles. The third-order valence-corrected chi connectivity index (χ3v) is 3.26. The second kappa shape index (κ2) is 4.66. The molecule has 0 saturated heterocycles. The van der Waals surface area contributed by atoms with E-state index < -0.39 is 28.7 Å². The van der Waals surface area contributed by atoms with Crippen LogP contribution in [0.5, 0.6) is 0 Å². The van der Waals surface area contributed by atoms with E-state index in [1.54, 1.807) is 12.1 Å². The van der Waals surface area contributed by atoms with Crippen LogP contribution in [0, 0.1) is 11.6 Å². The fourth-order valence-electron chi connectivity index (χ4n) is 2.39. The first-order chi connectivity index (χ1) is 10.0. The van der Waals surface area contributed by atoms with Crippen molar-refractivity contribution in [1.29, 1.82) is 0 Å². The van der Waals surface area contributed by atoms with Crippen LogP contribution in [0.15, 0.2) is 41.3 Å². The largest absolute Gasteiger partial charge is 0.465 e. The Bertz CT molecular complexity index is 947. The normalized spacial score (nSPS) is 11.0. The summed E-state index contributed by atoms with van der Waals surface area (Å²) in [5.41, 5.74) is -0.827. The van der Waals surface area contributed by atoms with E-state index in [0.29, 0.717) is 6.07 Å². The molecule has 0 unspecified atom stereocenters. The van der Waals surface area contributed by atoms with Gasteiger partial charge in [0, 0.05) is 23.0 Å². The number of aromatic nitrogens is 1. The predicted octanol–water partition coefficient (Wildman–Crippen LogP) is 2.52. The molecule has 0 aliphatic carbocycles. The van der Waals surface area contributed by atoms with Crippen molar-refractivity contribution in [2.24, 2.45) is 0 Å². The minimum absolute atomic E-state index is 0.00278. The molecule has 3 aromatic rings. The van der Waals surface area contributed by atoms with Crippen LogP contribution in [0.25, 0.3) is 16.3 Å². The summed E-state index contributed by atoms with van der Waals surface area (Å²) in [5, 5.41) is -0.104. The fourth-order valence-corrected chi connectivity index (χ4v) is 2.39. The van der Waals surface area contributed by atoms with E-state index in [1.165, 1.54) is 12.3 Å². The summed E-state index contributed by atoms with van der Waals surface area (Å²) in [5.74, 6) is -2.66. The number of hydrogen-bond donors (Lipinski definition) is 0. The van der Waals surface area contributed by atoms with Gasteiger partial charge in [-0.25, -0.2) is 13.6 Å². The highest BCUT2D eigenvalue weighted by molar-refractivity contribution is 6.09. The molecule has 6 heteroatoms. The average Bonchev–Trinajstić information content (AvgIpc) is 2.46. The Hall–Kier alpha value is -2.76. The van der Waals surface area contributed by atoms with Gasteiger partial charge in [0.15, 0.2) is 0 Å². The molecule has 0 radical (unpaired) electrons. The lowest BCUT2D eigenvalue weighted by Gasteiger charge is -2.10. The number of hydrogen-bond acceptors (Lipinski definition) is 3. The molecular formula is C15H9F2NO3.